The fourth-order valence-electron chi connectivity index (χ4n) is 0. The topological polar surface area (TPSA) is 171 Å². The van der Waals surface area contributed by atoms with Gasteiger partial charge in [0, 0.05) is 64.4 Å². The molecule has 0 spiro atoms. The van der Waals surface area contributed by atoms with Crippen LogP contribution in [0.3, 0.4) is 0 Å². The van der Waals surface area contributed by atoms with E-state index in [9.17, 15) is 0 Å². The van der Waals surface area contributed by atoms with Crippen molar-refractivity contribution in [3.63, 3.8) is 0 Å². The zero-order chi connectivity index (χ0) is 0. The van der Waals surface area contributed by atoms with Crippen molar-refractivity contribution in [3.05, 3.63) is 0 Å². The minimum Gasteiger partial charge on any atom is -2.00 e. The molecule has 0 aliphatic carbocycles. The molecule has 0 aromatic rings. The van der Waals surface area contributed by atoms with E-state index >= 15 is 0 Å². The summed E-state index contributed by atoms with van der Waals surface area (Å²) >= 11 is 0. The monoisotopic (exact) mass is 406 g/mol. The van der Waals surface area contributed by atoms with E-state index in [4.69, 9.17) is 0 Å². The molecule has 0 fully saturated rings. The van der Waals surface area contributed by atoms with Crippen LogP contribution in [0.1, 0.15) is 0 Å². The quantitative estimate of drug-likeness (QED) is 0.446. The molecule has 0 rings (SSSR count). The molecule has 6 radical (unpaired) electrons. The first-order valence-electron chi connectivity index (χ1n) is 0. The Kier molecular flexibility index (Phi) is 7690. The summed E-state index contributed by atoms with van der Waals surface area (Å²) in [5.74, 6) is 0. The van der Waals surface area contributed by atoms with Gasteiger partial charge < -0.3 is 32.9 Å². The Bertz CT molecular complexity index is 11.0. The molecule has 0 aliphatic rings. The molecule has 0 N–H and O–H groups in total. The van der Waals surface area contributed by atoms with E-state index in [1.54, 1.807) is 0 Å². The molecule has 62 valence electrons. The number of hydrogen-bond acceptors (Lipinski definition) is 0. The summed E-state index contributed by atoms with van der Waals surface area (Å²) in [5.41, 5.74) is 0. The largest absolute Gasteiger partial charge is 2.00 e. The second-order valence-corrected chi connectivity index (χ2v) is 0. The molecule has 0 amide bonds. The molecule has 0 aliphatic heterocycles. The van der Waals surface area contributed by atoms with Crippen molar-refractivity contribution in [2.75, 3.05) is 0 Å². The summed E-state index contributed by atoms with van der Waals surface area (Å²) in [5, 5.41) is 0. The van der Waals surface area contributed by atoms with E-state index in [-0.39, 0.29) is 97.3 Å². The van der Waals surface area contributed by atoms with Crippen LogP contribution in [-0.4, -0.2) is 27.3 Å². The molecule has 6 nitrogen and oxygen atoms in total. The Balaban J connectivity index is 0. The fourth-order valence-corrected chi connectivity index (χ4v) is 0. The van der Waals surface area contributed by atoms with Crippen molar-refractivity contribution in [1.82, 2.24) is 0 Å². The maximum absolute atomic E-state index is 0. The summed E-state index contributed by atoms with van der Waals surface area (Å²) in [6.07, 6.45) is 0. The van der Waals surface area contributed by atoms with Crippen LogP contribution >= 0.6 is 0 Å². The second kappa shape index (κ2) is 225. The summed E-state index contributed by atoms with van der Waals surface area (Å²) in [6, 6.07) is 0. The first kappa shape index (κ1) is 307. The van der Waals surface area contributed by atoms with Crippen molar-refractivity contribution in [3.8, 4) is 0 Å². The molecule has 0 unspecified atom stereocenters. The van der Waals surface area contributed by atoms with E-state index in [1.807, 2.05) is 0 Å². The predicted octanol–water partition coefficient (Wildman–Crippen LogP) is -1.10. The zero-order valence-electron chi connectivity index (χ0n) is 3.84. The molecular formula is O6PbV2-12. The molecule has 0 heterocycles. The van der Waals surface area contributed by atoms with Gasteiger partial charge in [0.05, 0.1) is 0 Å². The van der Waals surface area contributed by atoms with Crippen molar-refractivity contribution in [2.45, 2.75) is 0 Å². The molecule has 9 heavy (non-hydrogen) atoms. The Morgan fingerprint density at radius 1 is 0.333 bits per heavy atom. The van der Waals surface area contributed by atoms with Crippen LogP contribution in [0.15, 0.2) is 0 Å². The maximum atomic E-state index is 0. The number of hydrogen-bond donors (Lipinski definition) is 0. The molecule has 0 aromatic carbocycles. The van der Waals surface area contributed by atoms with E-state index in [2.05, 4.69) is 0 Å². The van der Waals surface area contributed by atoms with Gasteiger partial charge in [0.1, 0.15) is 0 Å². The van der Waals surface area contributed by atoms with E-state index in [0.717, 1.165) is 0 Å². The van der Waals surface area contributed by atoms with Crippen LogP contribution < -0.4 is 0 Å². The van der Waals surface area contributed by atoms with Crippen LogP contribution in [0.4, 0.5) is 0 Å². The third kappa shape index (κ3) is 177. The summed E-state index contributed by atoms with van der Waals surface area (Å²) < 4.78 is 0. The molecular weight excluding hydrogens is 405 g/mol. The summed E-state index contributed by atoms with van der Waals surface area (Å²) in [7, 11) is 0. The molecule has 0 bridgehead atoms. The Labute approximate surface area is 96.6 Å². The van der Waals surface area contributed by atoms with Crippen LogP contribution in [0, 0.1) is 0 Å². The minimum atomic E-state index is 0. The van der Waals surface area contributed by atoms with Gasteiger partial charge in [0.25, 0.3) is 0 Å². The Morgan fingerprint density at radius 3 is 0.333 bits per heavy atom. The van der Waals surface area contributed by atoms with Gasteiger partial charge in [0.15, 0.2) is 0 Å². The average Bonchev–Trinajstić information content (AvgIpc) is 0. The fraction of sp³-hybridized carbons (Fsp3) is 0. The van der Waals surface area contributed by atoms with Gasteiger partial charge in [-0.3, -0.25) is 0 Å². The van der Waals surface area contributed by atoms with E-state index in [1.165, 1.54) is 0 Å². The summed E-state index contributed by atoms with van der Waals surface area (Å²) in [6.45, 7) is 0. The predicted molar refractivity (Wildman–Crippen MR) is 9.87 cm³/mol. The molecule has 0 saturated heterocycles. The third-order valence-electron chi connectivity index (χ3n) is 0. The smallest absolute Gasteiger partial charge is 0 e. The molecule has 9 heteroatoms. The summed E-state index contributed by atoms with van der Waals surface area (Å²) in [4.78, 5) is 0. The van der Waals surface area contributed by atoms with Crippen molar-refractivity contribution < 1.29 is 70.0 Å². The van der Waals surface area contributed by atoms with Crippen molar-refractivity contribution in [1.29, 1.82) is 0 Å². The minimum absolute atomic E-state index is 0. The molecule has 0 saturated carbocycles. The Morgan fingerprint density at radius 2 is 0.333 bits per heavy atom. The Hall–Kier alpha value is 1.85. The van der Waals surface area contributed by atoms with Crippen molar-refractivity contribution >= 4 is 27.3 Å². The van der Waals surface area contributed by atoms with Gasteiger partial charge in [-0.1, -0.05) is 0 Å². The molecule has 0 atom stereocenters. The van der Waals surface area contributed by atoms with Gasteiger partial charge in [-0.15, -0.1) is 0 Å². The van der Waals surface area contributed by atoms with Crippen LogP contribution in [-0.2, 0) is 70.0 Å². The van der Waals surface area contributed by atoms with Gasteiger partial charge >= 0.3 is 0 Å². The third-order valence-corrected chi connectivity index (χ3v) is 0. The SMILES string of the molecule is [O-2].[O-2].[O-2].[O-2].[O-2].[O-2].[Pb].[V].[V]. The molecule has 0 aromatic heterocycles. The van der Waals surface area contributed by atoms with Crippen LogP contribution in [0.5, 0.6) is 0 Å². The van der Waals surface area contributed by atoms with Gasteiger partial charge in [-0.05, 0) is 0 Å². The second-order valence-electron chi connectivity index (χ2n) is 0. The first-order chi connectivity index (χ1) is 0. The maximum Gasteiger partial charge on any atom is 0 e. The van der Waals surface area contributed by atoms with Gasteiger partial charge in [0.2, 0.25) is 0 Å². The standard InChI is InChI=1S/6O.Pb.2V/q6*-2;;;. The average molecular weight is 405 g/mol. The zero-order valence-corrected chi connectivity index (χ0v) is 10.5. The van der Waals surface area contributed by atoms with Gasteiger partial charge in [-0.2, -0.15) is 0 Å². The number of rotatable bonds is 0. The van der Waals surface area contributed by atoms with Crippen LogP contribution in [0.25, 0.3) is 0 Å². The van der Waals surface area contributed by atoms with Gasteiger partial charge in [-0.25, -0.2) is 0 Å². The van der Waals surface area contributed by atoms with Crippen LogP contribution in [0.2, 0.25) is 0 Å². The normalized spacial score (nSPS) is 0. The first-order valence-corrected chi connectivity index (χ1v) is 0. The van der Waals surface area contributed by atoms with E-state index < -0.39 is 0 Å². The van der Waals surface area contributed by atoms with Crippen molar-refractivity contribution in [2.24, 2.45) is 0 Å². The van der Waals surface area contributed by atoms with E-state index in [0.29, 0.717) is 0 Å².